The molecule has 5 heteroatoms. The highest BCUT2D eigenvalue weighted by molar-refractivity contribution is 9.10. The van der Waals surface area contributed by atoms with Gasteiger partial charge in [-0.3, -0.25) is 0 Å². The van der Waals surface area contributed by atoms with Crippen molar-refractivity contribution in [2.45, 2.75) is 26.2 Å². The molecular formula is C15H19BrN4. The van der Waals surface area contributed by atoms with E-state index in [-0.39, 0.29) is 0 Å². The summed E-state index contributed by atoms with van der Waals surface area (Å²) in [6.45, 7) is 3.10. The number of nitrogens with one attached hydrogen (secondary N) is 2. The van der Waals surface area contributed by atoms with E-state index in [9.17, 15) is 0 Å². The zero-order chi connectivity index (χ0) is 14.2. The van der Waals surface area contributed by atoms with Gasteiger partial charge in [-0.25, -0.2) is 4.98 Å². The van der Waals surface area contributed by atoms with Gasteiger partial charge in [0.2, 0.25) is 5.95 Å². The number of aromatic nitrogens is 2. The second kappa shape index (κ2) is 7.85. The van der Waals surface area contributed by atoms with Crippen LogP contribution in [0.4, 0.5) is 17.5 Å². The lowest BCUT2D eigenvalue weighted by atomic mass is 10.2. The second-order valence-corrected chi connectivity index (χ2v) is 5.36. The molecule has 4 nitrogen and oxygen atoms in total. The maximum absolute atomic E-state index is 4.45. The molecule has 106 valence electrons. The highest BCUT2D eigenvalue weighted by atomic mass is 79.9. The van der Waals surface area contributed by atoms with E-state index in [4.69, 9.17) is 0 Å². The minimum absolute atomic E-state index is 0.665. The fraction of sp³-hybridized carbons (Fsp3) is 0.333. The summed E-state index contributed by atoms with van der Waals surface area (Å²) in [5.74, 6) is 1.45. The number of unbranched alkanes of at least 4 members (excludes halogenated alkanes) is 2. The number of rotatable bonds is 7. The number of para-hydroxylation sites is 1. The lowest BCUT2D eigenvalue weighted by Gasteiger charge is -2.09. The Morgan fingerprint density at radius 2 is 2.00 bits per heavy atom. The predicted octanol–water partition coefficient (Wildman–Crippen LogP) is 4.58. The molecule has 20 heavy (non-hydrogen) atoms. The second-order valence-electron chi connectivity index (χ2n) is 4.50. The van der Waals surface area contributed by atoms with Gasteiger partial charge >= 0.3 is 0 Å². The van der Waals surface area contributed by atoms with Gasteiger partial charge in [-0.1, -0.05) is 31.9 Å². The van der Waals surface area contributed by atoms with Crippen LogP contribution in [0.2, 0.25) is 0 Å². The number of halogens is 1. The van der Waals surface area contributed by atoms with Gasteiger partial charge in [-0.2, -0.15) is 4.98 Å². The number of benzene rings is 1. The van der Waals surface area contributed by atoms with Crippen LogP contribution in [0.25, 0.3) is 0 Å². The van der Waals surface area contributed by atoms with E-state index in [2.05, 4.69) is 43.5 Å². The van der Waals surface area contributed by atoms with Crippen LogP contribution in [-0.2, 0) is 0 Å². The van der Waals surface area contributed by atoms with E-state index >= 15 is 0 Å². The van der Waals surface area contributed by atoms with Gasteiger partial charge in [-0.05, 0) is 40.5 Å². The molecule has 0 bridgehead atoms. The molecule has 0 amide bonds. The summed E-state index contributed by atoms with van der Waals surface area (Å²) in [7, 11) is 0. The third kappa shape index (κ3) is 4.49. The standard InChI is InChI=1S/C15H19BrN4/c1-2-3-6-10-17-15-18-11-9-14(20-15)19-13-8-5-4-7-12(13)16/h4-5,7-9,11H,2-3,6,10H2,1H3,(H2,17,18,19,20). The molecule has 0 saturated heterocycles. The zero-order valence-corrected chi connectivity index (χ0v) is 13.2. The lowest BCUT2D eigenvalue weighted by Crippen LogP contribution is -2.06. The molecule has 0 atom stereocenters. The average Bonchev–Trinajstić information content (AvgIpc) is 2.47. The topological polar surface area (TPSA) is 49.8 Å². The molecule has 2 aromatic rings. The molecule has 0 radical (unpaired) electrons. The molecule has 2 rings (SSSR count). The molecule has 0 saturated carbocycles. The molecule has 0 spiro atoms. The van der Waals surface area contributed by atoms with E-state index in [0.717, 1.165) is 28.9 Å². The van der Waals surface area contributed by atoms with E-state index < -0.39 is 0 Å². The zero-order valence-electron chi connectivity index (χ0n) is 11.6. The third-order valence-electron chi connectivity index (χ3n) is 2.86. The summed E-state index contributed by atoms with van der Waals surface area (Å²) in [5.41, 5.74) is 0.989. The Morgan fingerprint density at radius 3 is 2.80 bits per heavy atom. The smallest absolute Gasteiger partial charge is 0.224 e. The summed E-state index contributed by atoms with van der Waals surface area (Å²) in [4.78, 5) is 8.68. The summed E-state index contributed by atoms with van der Waals surface area (Å²) < 4.78 is 1.01. The number of hydrogen-bond donors (Lipinski definition) is 2. The summed E-state index contributed by atoms with van der Waals surface area (Å²) in [6.07, 6.45) is 5.34. The lowest BCUT2D eigenvalue weighted by molar-refractivity contribution is 0.740. The SMILES string of the molecule is CCCCCNc1nccc(Nc2ccccc2Br)n1. The predicted molar refractivity (Wildman–Crippen MR) is 87.5 cm³/mol. The Labute approximate surface area is 128 Å². The van der Waals surface area contributed by atoms with Crippen LogP contribution < -0.4 is 10.6 Å². The van der Waals surface area contributed by atoms with Crippen LogP contribution in [0, 0.1) is 0 Å². The molecule has 0 aliphatic rings. The third-order valence-corrected chi connectivity index (χ3v) is 3.55. The first-order valence-corrected chi connectivity index (χ1v) is 7.67. The van der Waals surface area contributed by atoms with Gasteiger partial charge in [0.1, 0.15) is 5.82 Å². The average molecular weight is 335 g/mol. The fourth-order valence-corrected chi connectivity index (χ4v) is 2.17. The first-order valence-electron chi connectivity index (χ1n) is 6.88. The van der Waals surface area contributed by atoms with Gasteiger partial charge in [0.15, 0.2) is 0 Å². The number of anilines is 3. The van der Waals surface area contributed by atoms with Crippen LogP contribution in [0.15, 0.2) is 41.0 Å². The van der Waals surface area contributed by atoms with Gasteiger partial charge in [-0.15, -0.1) is 0 Å². The van der Waals surface area contributed by atoms with Crippen LogP contribution in [-0.4, -0.2) is 16.5 Å². The van der Waals surface area contributed by atoms with E-state index in [1.165, 1.54) is 12.8 Å². The summed E-state index contributed by atoms with van der Waals surface area (Å²) in [5, 5.41) is 6.52. The van der Waals surface area contributed by atoms with Gasteiger partial charge in [0.05, 0.1) is 5.69 Å². The van der Waals surface area contributed by atoms with E-state index in [0.29, 0.717) is 5.95 Å². The maximum Gasteiger partial charge on any atom is 0.224 e. The van der Waals surface area contributed by atoms with Crippen LogP contribution >= 0.6 is 15.9 Å². The van der Waals surface area contributed by atoms with Crippen molar-refractivity contribution in [2.24, 2.45) is 0 Å². The van der Waals surface area contributed by atoms with Crippen LogP contribution in [0.3, 0.4) is 0 Å². The van der Waals surface area contributed by atoms with Crippen molar-refractivity contribution in [2.75, 3.05) is 17.2 Å². The maximum atomic E-state index is 4.45. The molecule has 0 unspecified atom stereocenters. The Balaban J connectivity index is 1.97. The van der Waals surface area contributed by atoms with E-state index in [1.807, 2.05) is 30.3 Å². The van der Waals surface area contributed by atoms with Crippen molar-refractivity contribution in [1.29, 1.82) is 0 Å². The minimum atomic E-state index is 0.665. The van der Waals surface area contributed by atoms with Crippen molar-refractivity contribution in [3.05, 3.63) is 41.0 Å². The largest absolute Gasteiger partial charge is 0.354 e. The Kier molecular flexibility index (Phi) is 5.80. The highest BCUT2D eigenvalue weighted by Gasteiger charge is 2.02. The van der Waals surface area contributed by atoms with Crippen molar-refractivity contribution in [1.82, 2.24) is 9.97 Å². The van der Waals surface area contributed by atoms with Gasteiger partial charge < -0.3 is 10.6 Å². The molecule has 0 aliphatic heterocycles. The van der Waals surface area contributed by atoms with Crippen LogP contribution in [0.1, 0.15) is 26.2 Å². The summed E-state index contributed by atoms with van der Waals surface area (Å²) in [6, 6.07) is 9.82. The van der Waals surface area contributed by atoms with Crippen molar-refractivity contribution < 1.29 is 0 Å². The first kappa shape index (κ1) is 14.8. The summed E-state index contributed by atoms with van der Waals surface area (Å²) >= 11 is 3.51. The Bertz CT molecular complexity index is 545. The molecule has 1 aromatic carbocycles. The molecule has 2 N–H and O–H groups in total. The molecule has 1 aromatic heterocycles. The monoisotopic (exact) mass is 334 g/mol. The minimum Gasteiger partial charge on any atom is -0.354 e. The van der Waals surface area contributed by atoms with Crippen LogP contribution in [0.5, 0.6) is 0 Å². The fourth-order valence-electron chi connectivity index (χ4n) is 1.79. The van der Waals surface area contributed by atoms with Gasteiger partial charge in [0, 0.05) is 17.2 Å². The molecular weight excluding hydrogens is 316 g/mol. The molecule has 0 fully saturated rings. The number of nitrogens with zero attached hydrogens (tertiary/aromatic N) is 2. The normalized spacial score (nSPS) is 10.3. The Morgan fingerprint density at radius 1 is 1.15 bits per heavy atom. The highest BCUT2D eigenvalue weighted by Crippen LogP contribution is 2.24. The Hall–Kier alpha value is -1.62. The van der Waals surface area contributed by atoms with Crippen molar-refractivity contribution in [3.8, 4) is 0 Å². The molecule has 1 heterocycles. The number of hydrogen-bond acceptors (Lipinski definition) is 4. The van der Waals surface area contributed by atoms with Crippen molar-refractivity contribution in [3.63, 3.8) is 0 Å². The molecule has 0 aliphatic carbocycles. The first-order chi connectivity index (χ1) is 9.79. The quantitative estimate of drug-likeness (QED) is 0.727. The van der Waals surface area contributed by atoms with Gasteiger partial charge in [0.25, 0.3) is 0 Å². The van der Waals surface area contributed by atoms with E-state index in [1.54, 1.807) is 6.20 Å². The van der Waals surface area contributed by atoms with Crippen molar-refractivity contribution >= 4 is 33.4 Å².